The Morgan fingerprint density at radius 2 is 1.88 bits per heavy atom. The number of carbonyl (C=O) groups is 1. The Kier molecular flexibility index (Phi) is 4.37. The number of rotatable bonds is 4. The Bertz CT molecular complexity index is 365. The maximum Gasteiger partial charge on any atom is 0.409 e. The van der Waals surface area contributed by atoms with Crippen molar-refractivity contribution in [2.45, 2.75) is 18.6 Å². The van der Waals surface area contributed by atoms with Gasteiger partial charge in [0.25, 0.3) is 0 Å². The molecule has 0 aliphatic carbocycles. The number of para-hydroxylation sites is 1. The summed E-state index contributed by atoms with van der Waals surface area (Å²) in [4.78, 5) is 11.0. The van der Waals surface area contributed by atoms with E-state index in [1.165, 1.54) is 19.2 Å². The zero-order valence-corrected chi connectivity index (χ0v) is 9.21. The number of hydrogen-bond acceptors (Lipinski definition) is 2. The van der Waals surface area contributed by atoms with Crippen LogP contribution >= 0.6 is 0 Å². The number of alkyl halides is 3. The van der Waals surface area contributed by atoms with Crippen molar-refractivity contribution in [3.8, 4) is 0 Å². The van der Waals surface area contributed by atoms with E-state index in [9.17, 15) is 18.0 Å². The summed E-state index contributed by atoms with van der Waals surface area (Å²) < 4.78 is 38.0. The molecule has 0 aliphatic rings. The molecule has 0 aliphatic heterocycles. The lowest BCUT2D eigenvalue weighted by atomic mass is 10.1. The SMILES string of the molecule is CNC(=O)CC(Nc1ccccc1)C(F)(F)F. The molecule has 0 fully saturated rings. The van der Waals surface area contributed by atoms with E-state index in [4.69, 9.17) is 0 Å². The molecule has 1 unspecified atom stereocenters. The van der Waals surface area contributed by atoms with E-state index < -0.39 is 24.5 Å². The molecule has 2 N–H and O–H groups in total. The van der Waals surface area contributed by atoms with Crippen LogP contribution in [0.25, 0.3) is 0 Å². The van der Waals surface area contributed by atoms with E-state index in [0.717, 1.165) is 0 Å². The third kappa shape index (κ3) is 4.34. The van der Waals surface area contributed by atoms with Crippen LogP contribution in [0, 0.1) is 0 Å². The lowest BCUT2D eigenvalue weighted by Crippen LogP contribution is -2.40. The second kappa shape index (κ2) is 5.56. The molecule has 94 valence electrons. The van der Waals surface area contributed by atoms with Gasteiger partial charge in [-0.05, 0) is 12.1 Å². The van der Waals surface area contributed by atoms with Crippen LogP contribution < -0.4 is 10.6 Å². The number of carbonyl (C=O) groups excluding carboxylic acids is 1. The van der Waals surface area contributed by atoms with Gasteiger partial charge in [-0.25, -0.2) is 0 Å². The summed E-state index contributed by atoms with van der Waals surface area (Å²) in [6, 6.07) is 6.09. The predicted molar refractivity (Wildman–Crippen MR) is 58.6 cm³/mol. The lowest BCUT2D eigenvalue weighted by Gasteiger charge is -2.21. The summed E-state index contributed by atoms with van der Waals surface area (Å²) in [6.45, 7) is 0. The fourth-order valence-electron chi connectivity index (χ4n) is 1.27. The minimum absolute atomic E-state index is 0.332. The van der Waals surface area contributed by atoms with E-state index in [1.54, 1.807) is 18.2 Å². The maximum absolute atomic E-state index is 12.7. The minimum Gasteiger partial charge on any atom is -0.374 e. The number of halogens is 3. The van der Waals surface area contributed by atoms with Crippen molar-refractivity contribution < 1.29 is 18.0 Å². The van der Waals surface area contributed by atoms with Gasteiger partial charge < -0.3 is 10.6 Å². The Labute approximate surface area is 97.0 Å². The maximum atomic E-state index is 12.7. The molecule has 1 amide bonds. The highest BCUT2D eigenvalue weighted by atomic mass is 19.4. The molecule has 0 saturated carbocycles. The first-order chi connectivity index (χ1) is 7.93. The summed E-state index contributed by atoms with van der Waals surface area (Å²) in [6.07, 6.45) is -5.11. The summed E-state index contributed by atoms with van der Waals surface area (Å²) in [5, 5.41) is 4.47. The predicted octanol–water partition coefficient (Wildman–Crippen LogP) is 2.17. The second-order valence-corrected chi connectivity index (χ2v) is 3.48. The van der Waals surface area contributed by atoms with Gasteiger partial charge in [-0.15, -0.1) is 0 Å². The first kappa shape index (κ1) is 13.3. The molecule has 0 radical (unpaired) electrons. The van der Waals surface area contributed by atoms with Crippen molar-refractivity contribution >= 4 is 11.6 Å². The topological polar surface area (TPSA) is 41.1 Å². The average molecular weight is 246 g/mol. The van der Waals surface area contributed by atoms with Gasteiger partial charge in [-0.3, -0.25) is 4.79 Å². The van der Waals surface area contributed by atoms with Crippen molar-refractivity contribution in [3.63, 3.8) is 0 Å². The molecular weight excluding hydrogens is 233 g/mol. The van der Waals surface area contributed by atoms with E-state index in [0.29, 0.717) is 5.69 Å². The number of amides is 1. The molecule has 1 aromatic rings. The summed E-state index contributed by atoms with van der Waals surface area (Å²) >= 11 is 0. The van der Waals surface area contributed by atoms with Crippen molar-refractivity contribution in [3.05, 3.63) is 30.3 Å². The van der Waals surface area contributed by atoms with Crippen LogP contribution in [0.15, 0.2) is 30.3 Å². The first-order valence-electron chi connectivity index (χ1n) is 5.02. The number of nitrogens with one attached hydrogen (secondary N) is 2. The number of anilines is 1. The molecule has 17 heavy (non-hydrogen) atoms. The zero-order valence-electron chi connectivity index (χ0n) is 9.21. The van der Waals surface area contributed by atoms with E-state index in [1.807, 2.05) is 0 Å². The van der Waals surface area contributed by atoms with Gasteiger partial charge in [0.2, 0.25) is 5.91 Å². The molecule has 3 nitrogen and oxygen atoms in total. The fourth-order valence-corrected chi connectivity index (χ4v) is 1.27. The standard InChI is InChI=1S/C11H13F3N2O/c1-15-10(17)7-9(11(12,13)14)16-8-5-3-2-4-6-8/h2-6,9,16H,7H2,1H3,(H,15,17). The lowest BCUT2D eigenvalue weighted by molar-refractivity contribution is -0.150. The van der Waals surface area contributed by atoms with Gasteiger partial charge in [0.1, 0.15) is 6.04 Å². The van der Waals surface area contributed by atoms with Crippen LogP contribution in [0.3, 0.4) is 0 Å². The fraction of sp³-hybridized carbons (Fsp3) is 0.364. The minimum atomic E-state index is -4.47. The molecular formula is C11H13F3N2O. The summed E-state index contributed by atoms with van der Waals surface area (Å²) in [5.41, 5.74) is 0.332. The molecule has 0 bridgehead atoms. The van der Waals surface area contributed by atoms with Crippen LogP contribution in [-0.2, 0) is 4.79 Å². The third-order valence-electron chi connectivity index (χ3n) is 2.18. The second-order valence-electron chi connectivity index (χ2n) is 3.48. The van der Waals surface area contributed by atoms with Gasteiger partial charge in [-0.2, -0.15) is 13.2 Å². The van der Waals surface area contributed by atoms with Crippen molar-refractivity contribution in [2.24, 2.45) is 0 Å². The normalized spacial score (nSPS) is 12.9. The monoisotopic (exact) mass is 246 g/mol. The molecule has 1 rings (SSSR count). The van der Waals surface area contributed by atoms with Gasteiger partial charge in [0.05, 0.1) is 6.42 Å². The Morgan fingerprint density at radius 3 is 2.35 bits per heavy atom. The van der Waals surface area contributed by atoms with Crippen LogP contribution in [-0.4, -0.2) is 25.2 Å². The van der Waals surface area contributed by atoms with E-state index in [-0.39, 0.29) is 0 Å². The Morgan fingerprint density at radius 1 is 1.29 bits per heavy atom. The third-order valence-corrected chi connectivity index (χ3v) is 2.18. The highest BCUT2D eigenvalue weighted by Crippen LogP contribution is 2.25. The zero-order chi connectivity index (χ0) is 12.9. The van der Waals surface area contributed by atoms with Crippen LogP contribution in [0.4, 0.5) is 18.9 Å². The largest absolute Gasteiger partial charge is 0.409 e. The molecule has 1 atom stereocenters. The van der Waals surface area contributed by atoms with Crippen LogP contribution in [0.2, 0.25) is 0 Å². The molecule has 0 spiro atoms. The van der Waals surface area contributed by atoms with Gasteiger partial charge >= 0.3 is 6.18 Å². The average Bonchev–Trinajstić information content (AvgIpc) is 2.28. The molecule has 0 saturated heterocycles. The number of benzene rings is 1. The van der Waals surface area contributed by atoms with Gasteiger partial charge in [0.15, 0.2) is 0 Å². The molecule has 0 aromatic heterocycles. The molecule has 1 aromatic carbocycles. The van der Waals surface area contributed by atoms with E-state index >= 15 is 0 Å². The van der Waals surface area contributed by atoms with Crippen LogP contribution in [0.1, 0.15) is 6.42 Å². The highest BCUT2D eigenvalue weighted by Gasteiger charge is 2.40. The highest BCUT2D eigenvalue weighted by molar-refractivity contribution is 5.76. The van der Waals surface area contributed by atoms with Crippen molar-refractivity contribution in [1.29, 1.82) is 0 Å². The van der Waals surface area contributed by atoms with Gasteiger partial charge in [-0.1, -0.05) is 18.2 Å². The van der Waals surface area contributed by atoms with Crippen LogP contribution in [0.5, 0.6) is 0 Å². The number of hydrogen-bond donors (Lipinski definition) is 2. The van der Waals surface area contributed by atoms with E-state index in [2.05, 4.69) is 10.6 Å². The Hall–Kier alpha value is -1.72. The smallest absolute Gasteiger partial charge is 0.374 e. The Balaban J connectivity index is 2.75. The van der Waals surface area contributed by atoms with Crippen molar-refractivity contribution in [1.82, 2.24) is 5.32 Å². The van der Waals surface area contributed by atoms with Gasteiger partial charge in [0, 0.05) is 12.7 Å². The quantitative estimate of drug-likeness (QED) is 0.854. The summed E-state index contributed by atoms with van der Waals surface area (Å²) in [5.74, 6) is -0.657. The molecule has 6 heteroatoms. The molecule has 0 heterocycles. The summed E-state index contributed by atoms with van der Waals surface area (Å²) in [7, 11) is 1.30. The first-order valence-corrected chi connectivity index (χ1v) is 5.02. The van der Waals surface area contributed by atoms with Crippen molar-refractivity contribution in [2.75, 3.05) is 12.4 Å².